The van der Waals surface area contributed by atoms with E-state index in [1.54, 1.807) is 48.5 Å². The average Bonchev–Trinajstić information content (AvgIpc) is 3.92. The van der Waals surface area contributed by atoms with Gasteiger partial charge in [0.25, 0.3) is 0 Å². The number of esters is 1. The molecule has 3 saturated heterocycles. The molecule has 3 heterocycles. The van der Waals surface area contributed by atoms with Crippen LogP contribution in [-0.2, 0) is 33.2 Å². The molecule has 15 heteroatoms. The van der Waals surface area contributed by atoms with Crippen molar-refractivity contribution in [1.29, 1.82) is 0 Å². The quantitative estimate of drug-likeness (QED) is 0.125. The van der Waals surface area contributed by atoms with Gasteiger partial charge < -0.3 is 64.1 Å². The third-order valence-corrected chi connectivity index (χ3v) is 12.6. The summed E-state index contributed by atoms with van der Waals surface area (Å²) in [5.74, 6) is -4.36. The highest BCUT2D eigenvalue weighted by molar-refractivity contribution is 5.88. The molecule has 0 radical (unpaired) electrons. The summed E-state index contributed by atoms with van der Waals surface area (Å²) in [5.41, 5.74) is -4.62. The van der Waals surface area contributed by atoms with Gasteiger partial charge in [-0.05, 0) is 87.2 Å². The van der Waals surface area contributed by atoms with Gasteiger partial charge in [-0.2, -0.15) is 0 Å². The van der Waals surface area contributed by atoms with Crippen molar-refractivity contribution in [3.8, 4) is 0 Å². The normalized spacial score (nSPS) is 50.5. The van der Waals surface area contributed by atoms with E-state index in [9.17, 15) is 35.5 Å². The van der Waals surface area contributed by atoms with Gasteiger partial charge >= 0.3 is 5.97 Å². The highest BCUT2D eigenvalue weighted by atomic mass is 16.7. The summed E-state index contributed by atoms with van der Waals surface area (Å²) in [4.78, 5) is 16.2. The topological polar surface area (TPSA) is 209 Å². The molecule has 6 N–H and O–H groups in total. The Labute approximate surface area is 314 Å². The van der Waals surface area contributed by atoms with Gasteiger partial charge in [0.2, 0.25) is 0 Å². The number of ether oxygens (including phenoxy) is 6. The molecule has 0 spiro atoms. The van der Waals surface area contributed by atoms with Gasteiger partial charge in [0.1, 0.15) is 23.9 Å². The van der Waals surface area contributed by atoms with Crippen molar-refractivity contribution in [3.05, 3.63) is 0 Å². The molecule has 308 valence electrons. The second-order valence-corrected chi connectivity index (χ2v) is 17.5. The lowest BCUT2D eigenvalue weighted by Crippen LogP contribution is -2.61. The average molecular weight is 761 g/mol. The number of likely N-dealkylation sites (N-methyl/N-ethyl adjacent to an activating group) is 1. The Balaban J connectivity index is 1.85. The van der Waals surface area contributed by atoms with E-state index in [-0.39, 0.29) is 36.6 Å². The zero-order valence-electron chi connectivity index (χ0n) is 33.7. The van der Waals surface area contributed by atoms with Crippen molar-refractivity contribution in [3.63, 3.8) is 0 Å². The molecule has 18 atom stereocenters. The first-order valence-corrected chi connectivity index (χ1v) is 19.2. The summed E-state index contributed by atoms with van der Waals surface area (Å²) in [6.07, 6.45) is -8.14. The second-order valence-electron chi connectivity index (χ2n) is 17.5. The van der Waals surface area contributed by atoms with Crippen molar-refractivity contribution in [2.24, 2.45) is 34.7 Å². The van der Waals surface area contributed by atoms with E-state index in [1.165, 1.54) is 14.0 Å². The summed E-state index contributed by atoms with van der Waals surface area (Å²) in [5, 5.41) is 72.4. The molecule has 0 aromatic carbocycles. The van der Waals surface area contributed by atoms with E-state index < -0.39 is 102 Å². The number of oxime groups is 1. The highest BCUT2D eigenvalue weighted by Crippen LogP contribution is 2.44. The molecule has 0 aromatic heterocycles. The first kappa shape index (κ1) is 44.2. The van der Waals surface area contributed by atoms with Crippen molar-refractivity contribution < 1.29 is 64.0 Å². The van der Waals surface area contributed by atoms with Crippen LogP contribution < -0.4 is 0 Å². The lowest BCUT2D eigenvalue weighted by atomic mass is 9.73. The fourth-order valence-electron chi connectivity index (χ4n) is 9.05. The van der Waals surface area contributed by atoms with Crippen molar-refractivity contribution >= 4 is 11.7 Å². The molecule has 4 fully saturated rings. The Kier molecular flexibility index (Phi) is 14.1. The Bertz CT molecular complexity index is 1260. The molecule has 53 heavy (non-hydrogen) atoms. The standard InChI is InChI=1S/C38H68N2O13/c1-18-16-36(7,45)32(53-35-28(41)25(40(10)11)15-19(2)49-35)21(4)29(51-26-17-37(8,48-12)31(43)23(6)50-26)22(5)34(44)52-33(24-13-14-24)38(9,46)30(42)20(3)27(18)39-47/h18-26,28-33,35,41-43,45-47H,13-17H2,1-12H3/b39-27-/t18-,19+,20+,21+,22-,23+,25-,26+,28+,29+,30-,31+,32-,33-,35-,36-,37-,38+/m1/s1. The number of methoxy groups -OCH3 is 1. The van der Waals surface area contributed by atoms with Gasteiger partial charge in [0, 0.05) is 37.3 Å². The predicted octanol–water partition coefficient (Wildman–Crippen LogP) is 2.05. The van der Waals surface area contributed by atoms with Crippen LogP contribution in [0, 0.1) is 29.6 Å². The number of carbonyl (C=O) groups is 1. The van der Waals surface area contributed by atoms with Crippen LogP contribution in [0.5, 0.6) is 0 Å². The zero-order chi connectivity index (χ0) is 40.0. The summed E-state index contributed by atoms with van der Waals surface area (Å²) in [6, 6.07) is -0.319. The fourth-order valence-corrected chi connectivity index (χ4v) is 9.05. The monoisotopic (exact) mass is 760 g/mol. The van der Waals surface area contributed by atoms with Crippen molar-refractivity contribution in [2.75, 3.05) is 21.2 Å². The largest absolute Gasteiger partial charge is 0.459 e. The number of aliphatic hydroxyl groups is 5. The van der Waals surface area contributed by atoms with Gasteiger partial charge in [-0.25, -0.2) is 0 Å². The van der Waals surface area contributed by atoms with Crippen LogP contribution in [0.2, 0.25) is 0 Å². The molecule has 4 aliphatic rings. The van der Waals surface area contributed by atoms with Crippen LogP contribution in [0.25, 0.3) is 0 Å². The summed E-state index contributed by atoms with van der Waals surface area (Å²) < 4.78 is 37.5. The molecule has 0 bridgehead atoms. The molecule has 0 unspecified atom stereocenters. The molecular weight excluding hydrogens is 692 g/mol. The van der Waals surface area contributed by atoms with E-state index in [2.05, 4.69) is 5.16 Å². The van der Waals surface area contributed by atoms with Crippen LogP contribution in [-0.4, -0.2) is 153 Å². The Hall–Kier alpha value is -1.50. The second kappa shape index (κ2) is 16.9. The summed E-state index contributed by atoms with van der Waals surface area (Å²) in [7, 11) is 5.20. The van der Waals surface area contributed by atoms with E-state index in [0.717, 1.165) is 0 Å². The van der Waals surface area contributed by atoms with Gasteiger partial charge in [0.05, 0.1) is 53.4 Å². The molecule has 1 saturated carbocycles. The van der Waals surface area contributed by atoms with E-state index in [1.807, 2.05) is 25.9 Å². The first-order valence-electron chi connectivity index (χ1n) is 19.2. The molecular formula is C38H68N2O13. The molecule has 15 nitrogen and oxygen atoms in total. The maximum atomic E-state index is 14.3. The molecule has 3 aliphatic heterocycles. The molecule has 1 aliphatic carbocycles. The van der Waals surface area contributed by atoms with Crippen molar-refractivity contribution in [2.45, 2.75) is 179 Å². The first-order chi connectivity index (χ1) is 24.5. The van der Waals surface area contributed by atoms with Gasteiger partial charge in [-0.1, -0.05) is 25.9 Å². The number of cyclic esters (lactones) is 1. The number of nitrogens with zero attached hydrogens (tertiary/aromatic N) is 2. The maximum absolute atomic E-state index is 14.3. The molecule has 0 amide bonds. The third-order valence-electron chi connectivity index (χ3n) is 12.6. The number of hydrogen-bond acceptors (Lipinski definition) is 15. The molecule has 0 aromatic rings. The fraction of sp³-hybridized carbons (Fsp3) is 0.947. The van der Waals surface area contributed by atoms with Crippen LogP contribution in [0.15, 0.2) is 5.16 Å². The Morgan fingerprint density at radius 1 is 0.887 bits per heavy atom. The van der Waals surface area contributed by atoms with Crippen molar-refractivity contribution in [1.82, 2.24) is 4.90 Å². The van der Waals surface area contributed by atoms with Crippen LogP contribution >= 0.6 is 0 Å². The molecule has 4 rings (SSSR count). The number of rotatable bonds is 7. The smallest absolute Gasteiger partial charge is 0.311 e. The highest BCUT2D eigenvalue weighted by Gasteiger charge is 2.55. The number of aliphatic hydroxyl groups excluding tert-OH is 3. The minimum atomic E-state index is -1.93. The lowest BCUT2D eigenvalue weighted by Gasteiger charge is -2.49. The van der Waals surface area contributed by atoms with Crippen LogP contribution in [0.4, 0.5) is 0 Å². The Morgan fingerprint density at radius 3 is 2.06 bits per heavy atom. The third kappa shape index (κ3) is 9.39. The van der Waals surface area contributed by atoms with Crippen LogP contribution in [0.1, 0.15) is 94.4 Å². The zero-order valence-corrected chi connectivity index (χ0v) is 33.7. The van der Waals surface area contributed by atoms with Gasteiger partial charge in [-0.3, -0.25) is 4.79 Å². The lowest BCUT2D eigenvalue weighted by molar-refractivity contribution is -0.318. The minimum Gasteiger partial charge on any atom is -0.459 e. The van der Waals surface area contributed by atoms with Gasteiger partial charge in [-0.15, -0.1) is 0 Å². The summed E-state index contributed by atoms with van der Waals surface area (Å²) >= 11 is 0. The van der Waals surface area contributed by atoms with E-state index >= 15 is 0 Å². The maximum Gasteiger partial charge on any atom is 0.311 e. The Morgan fingerprint density at radius 2 is 1.51 bits per heavy atom. The SMILES string of the molecule is CO[C@]1(C)C[C@H](O[C@H]2[C@H](C)[C@@H](O[C@H]3O[C@@H](C)C[C@@H](N(C)C)[C@@H]3O)[C@](C)(O)C[C@@H](C)/C(=N/O)[C@H](C)[C@@H](O)[C@](C)(O)[C@@H](C3CC3)OC(=O)[C@@H]2C)O[C@@H](C)[C@@H]1O. The number of hydrogen-bond donors (Lipinski definition) is 6. The predicted molar refractivity (Wildman–Crippen MR) is 193 cm³/mol. The van der Waals surface area contributed by atoms with Gasteiger partial charge in [0.15, 0.2) is 12.6 Å². The summed E-state index contributed by atoms with van der Waals surface area (Å²) in [6.45, 7) is 15.1. The van der Waals surface area contributed by atoms with E-state index in [0.29, 0.717) is 19.3 Å². The van der Waals surface area contributed by atoms with Crippen LogP contribution in [0.3, 0.4) is 0 Å². The van der Waals surface area contributed by atoms with E-state index in [4.69, 9.17) is 28.4 Å². The minimum absolute atomic E-state index is 0.0570. The number of carbonyl (C=O) groups excluding carboxylic acids is 1.